The highest BCUT2D eigenvalue weighted by atomic mass is 16.4. The molecule has 0 heterocycles. The number of rotatable bonds is 3. The smallest absolute Gasteiger partial charge is 0.303 e. The van der Waals surface area contributed by atoms with E-state index >= 15 is 0 Å². The third-order valence-corrected chi connectivity index (χ3v) is 3.08. The summed E-state index contributed by atoms with van der Waals surface area (Å²) in [6, 6.07) is 10.2. The largest absolute Gasteiger partial charge is 0.481 e. The molecular weight excluding hydrogens is 200 g/mol. The maximum Gasteiger partial charge on any atom is 0.303 e. The van der Waals surface area contributed by atoms with Crippen LogP contribution in [-0.4, -0.2) is 11.1 Å². The highest BCUT2D eigenvalue weighted by molar-refractivity contribution is 5.70. The van der Waals surface area contributed by atoms with Crippen LogP contribution in [0.5, 0.6) is 0 Å². The average molecular weight is 216 g/mol. The van der Waals surface area contributed by atoms with Crippen LogP contribution in [0.2, 0.25) is 0 Å². The first-order chi connectivity index (χ1) is 7.75. The van der Waals surface area contributed by atoms with Crippen LogP contribution in [0, 0.1) is 5.92 Å². The van der Waals surface area contributed by atoms with Crippen LogP contribution in [0.3, 0.4) is 0 Å². The molecule has 0 aliphatic heterocycles. The molecule has 2 rings (SSSR count). The van der Waals surface area contributed by atoms with Gasteiger partial charge in [0, 0.05) is 6.42 Å². The van der Waals surface area contributed by atoms with E-state index in [1.165, 1.54) is 11.1 Å². The summed E-state index contributed by atoms with van der Waals surface area (Å²) in [5, 5.41) is 8.80. The lowest BCUT2D eigenvalue weighted by Crippen LogP contribution is -2.11. The summed E-state index contributed by atoms with van der Waals surface area (Å²) in [5.41, 5.74) is 2.54. The Labute approximate surface area is 95.6 Å². The summed E-state index contributed by atoms with van der Waals surface area (Å²) in [4.78, 5) is 10.7. The molecule has 0 spiro atoms. The van der Waals surface area contributed by atoms with E-state index in [1.807, 2.05) is 18.2 Å². The number of benzene rings is 1. The van der Waals surface area contributed by atoms with E-state index in [9.17, 15) is 4.79 Å². The standard InChI is InChI=1S/C14H16O2/c15-14(16)10-11-5-4-8-13(9-11)12-6-2-1-3-7-12/h1-3,6-8,11H,4-5,9-10H2,(H,15,16)/t11-/m0/s1. The zero-order valence-corrected chi connectivity index (χ0v) is 9.23. The Kier molecular flexibility index (Phi) is 3.40. The Morgan fingerprint density at radius 1 is 1.31 bits per heavy atom. The van der Waals surface area contributed by atoms with E-state index in [-0.39, 0.29) is 0 Å². The predicted octanol–water partition coefficient (Wildman–Crippen LogP) is 3.34. The number of carboxylic acids is 1. The molecule has 0 saturated carbocycles. The lowest BCUT2D eigenvalue weighted by Gasteiger charge is -2.21. The summed E-state index contributed by atoms with van der Waals surface area (Å²) >= 11 is 0. The van der Waals surface area contributed by atoms with E-state index in [4.69, 9.17) is 5.11 Å². The summed E-state index contributed by atoms with van der Waals surface area (Å²) in [7, 11) is 0. The lowest BCUT2D eigenvalue weighted by atomic mass is 9.84. The molecule has 1 atom stereocenters. The van der Waals surface area contributed by atoms with Crippen LogP contribution < -0.4 is 0 Å². The molecule has 0 fully saturated rings. The minimum Gasteiger partial charge on any atom is -0.481 e. The van der Waals surface area contributed by atoms with Gasteiger partial charge in [-0.05, 0) is 36.3 Å². The summed E-state index contributed by atoms with van der Waals surface area (Å²) in [6.07, 6.45) is 5.44. The molecule has 1 N–H and O–H groups in total. The maximum atomic E-state index is 10.7. The number of aliphatic carboxylic acids is 1. The van der Waals surface area contributed by atoms with Crippen molar-refractivity contribution in [3.63, 3.8) is 0 Å². The number of allylic oxidation sites excluding steroid dienone is 2. The Balaban J connectivity index is 2.07. The molecular formula is C14H16O2. The highest BCUT2D eigenvalue weighted by Gasteiger charge is 2.18. The minimum absolute atomic E-state index is 0.296. The van der Waals surface area contributed by atoms with Gasteiger partial charge in [0.2, 0.25) is 0 Å². The van der Waals surface area contributed by atoms with Crippen molar-refractivity contribution in [2.45, 2.75) is 25.7 Å². The van der Waals surface area contributed by atoms with E-state index in [2.05, 4.69) is 18.2 Å². The Morgan fingerprint density at radius 3 is 2.75 bits per heavy atom. The molecule has 1 aliphatic carbocycles. The van der Waals surface area contributed by atoms with Crippen molar-refractivity contribution in [1.29, 1.82) is 0 Å². The molecule has 0 aromatic heterocycles. The second kappa shape index (κ2) is 4.97. The number of carbonyl (C=O) groups is 1. The van der Waals surface area contributed by atoms with E-state index in [1.54, 1.807) is 0 Å². The van der Waals surface area contributed by atoms with E-state index < -0.39 is 5.97 Å². The van der Waals surface area contributed by atoms with Gasteiger partial charge in [-0.2, -0.15) is 0 Å². The van der Waals surface area contributed by atoms with Gasteiger partial charge in [-0.3, -0.25) is 4.79 Å². The fraction of sp³-hybridized carbons (Fsp3) is 0.357. The van der Waals surface area contributed by atoms with Gasteiger partial charge < -0.3 is 5.11 Å². The van der Waals surface area contributed by atoms with Crippen LogP contribution in [-0.2, 0) is 4.79 Å². The highest BCUT2D eigenvalue weighted by Crippen LogP contribution is 2.32. The fourth-order valence-electron chi connectivity index (χ4n) is 2.30. The maximum absolute atomic E-state index is 10.7. The van der Waals surface area contributed by atoms with Gasteiger partial charge in [0.1, 0.15) is 0 Å². The Hall–Kier alpha value is -1.57. The van der Waals surface area contributed by atoms with E-state index in [0.717, 1.165) is 19.3 Å². The van der Waals surface area contributed by atoms with Crippen LogP contribution in [0.1, 0.15) is 31.2 Å². The van der Waals surface area contributed by atoms with Crippen LogP contribution in [0.25, 0.3) is 5.57 Å². The van der Waals surface area contributed by atoms with Crippen molar-refractivity contribution in [3.8, 4) is 0 Å². The third-order valence-electron chi connectivity index (χ3n) is 3.08. The number of carboxylic acid groups (broad SMARTS) is 1. The van der Waals surface area contributed by atoms with Gasteiger partial charge in [0.05, 0.1) is 0 Å². The molecule has 0 radical (unpaired) electrons. The molecule has 1 aromatic rings. The van der Waals surface area contributed by atoms with Crippen LogP contribution in [0.15, 0.2) is 36.4 Å². The van der Waals surface area contributed by atoms with Gasteiger partial charge in [-0.25, -0.2) is 0 Å². The molecule has 0 unspecified atom stereocenters. The molecule has 16 heavy (non-hydrogen) atoms. The minimum atomic E-state index is -0.681. The van der Waals surface area contributed by atoms with Gasteiger partial charge in [0.25, 0.3) is 0 Å². The Bertz CT molecular complexity index is 392. The SMILES string of the molecule is O=C(O)C[C@H]1CCC=C(c2ccccc2)C1. The quantitative estimate of drug-likeness (QED) is 0.841. The third kappa shape index (κ3) is 2.72. The van der Waals surface area contributed by atoms with E-state index in [0.29, 0.717) is 12.3 Å². The van der Waals surface area contributed by atoms with Gasteiger partial charge >= 0.3 is 5.97 Å². The monoisotopic (exact) mass is 216 g/mol. The van der Waals surface area contributed by atoms with Crippen molar-refractivity contribution < 1.29 is 9.90 Å². The molecule has 0 saturated heterocycles. The zero-order chi connectivity index (χ0) is 11.4. The number of hydrogen-bond donors (Lipinski definition) is 1. The molecule has 2 heteroatoms. The number of hydrogen-bond acceptors (Lipinski definition) is 1. The van der Waals surface area contributed by atoms with Crippen molar-refractivity contribution in [3.05, 3.63) is 42.0 Å². The second-order valence-corrected chi connectivity index (χ2v) is 4.34. The van der Waals surface area contributed by atoms with Gasteiger partial charge in [-0.15, -0.1) is 0 Å². The van der Waals surface area contributed by atoms with Crippen molar-refractivity contribution in [1.82, 2.24) is 0 Å². The van der Waals surface area contributed by atoms with Crippen molar-refractivity contribution >= 4 is 11.5 Å². The zero-order valence-electron chi connectivity index (χ0n) is 9.23. The van der Waals surface area contributed by atoms with Crippen molar-refractivity contribution in [2.75, 3.05) is 0 Å². The second-order valence-electron chi connectivity index (χ2n) is 4.34. The van der Waals surface area contributed by atoms with Crippen LogP contribution in [0.4, 0.5) is 0 Å². The topological polar surface area (TPSA) is 37.3 Å². The molecule has 84 valence electrons. The van der Waals surface area contributed by atoms with Gasteiger partial charge in [-0.1, -0.05) is 36.4 Å². The van der Waals surface area contributed by atoms with Crippen molar-refractivity contribution in [2.24, 2.45) is 5.92 Å². The average Bonchev–Trinajstić information content (AvgIpc) is 2.30. The fourth-order valence-corrected chi connectivity index (χ4v) is 2.30. The molecule has 1 aromatic carbocycles. The Morgan fingerprint density at radius 2 is 2.06 bits per heavy atom. The molecule has 0 amide bonds. The first kappa shape index (κ1) is 10.9. The van der Waals surface area contributed by atoms with Gasteiger partial charge in [0.15, 0.2) is 0 Å². The molecule has 1 aliphatic rings. The van der Waals surface area contributed by atoms with Crippen LogP contribution >= 0.6 is 0 Å². The normalized spacial score (nSPS) is 20.2. The molecule has 2 nitrogen and oxygen atoms in total. The summed E-state index contributed by atoms with van der Waals surface area (Å²) in [6.45, 7) is 0. The summed E-state index contributed by atoms with van der Waals surface area (Å²) < 4.78 is 0. The lowest BCUT2D eigenvalue weighted by molar-refractivity contribution is -0.138. The first-order valence-corrected chi connectivity index (χ1v) is 5.72. The predicted molar refractivity (Wildman–Crippen MR) is 64.0 cm³/mol. The molecule has 0 bridgehead atoms. The first-order valence-electron chi connectivity index (χ1n) is 5.72. The summed E-state index contributed by atoms with van der Waals surface area (Å²) in [5.74, 6) is -0.378.